The Hall–Kier alpha value is -1.88. The largest absolute Gasteiger partial charge is 0.378 e. The van der Waals surface area contributed by atoms with E-state index in [2.05, 4.69) is 4.98 Å². The number of hydrogen-bond donors (Lipinski definition) is 1. The highest BCUT2D eigenvalue weighted by molar-refractivity contribution is 5.97. The number of H-pyrrole nitrogens is 1. The normalized spacial score (nSPS) is 20.7. The minimum Gasteiger partial charge on any atom is -0.378 e. The van der Waals surface area contributed by atoms with Gasteiger partial charge in [0.15, 0.2) is 0 Å². The van der Waals surface area contributed by atoms with Crippen LogP contribution in [0, 0.1) is 5.82 Å². The number of nitrogens with one attached hydrogen (secondary N) is 1. The van der Waals surface area contributed by atoms with Crippen molar-refractivity contribution in [2.24, 2.45) is 0 Å². The SMILES string of the molecule is O=C(N1CCOCC1)C1(c2c[nH]c3cc(F)ccc23)CC1. The highest BCUT2D eigenvalue weighted by Crippen LogP contribution is 2.51. The van der Waals surface area contributed by atoms with Gasteiger partial charge in [0.1, 0.15) is 5.82 Å². The topological polar surface area (TPSA) is 45.3 Å². The van der Waals surface area contributed by atoms with Crippen LogP contribution >= 0.6 is 0 Å². The van der Waals surface area contributed by atoms with Crippen LogP contribution in [0.5, 0.6) is 0 Å². The van der Waals surface area contributed by atoms with E-state index in [1.165, 1.54) is 12.1 Å². The summed E-state index contributed by atoms with van der Waals surface area (Å²) in [5.74, 6) is -0.0729. The smallest absolute Gasteiger partial charge is 0.233 e. The molecule has 2 aromatic rings. The standard InChI is InChI=1S/C16H17FN2O2/c17-11-1-2-12-13(10-18-14(12)9-11)16(3-4-16)15(20)19-5-7-21-8-6-19/h1-2,9-10,18H,3-8H2. The minimum absolute atomic E-state index is 0.191. The van der Waals surface area contributed by atoms with Crippen molar-refractivity contribution in [1.82, 2.24) is 9.88 Å². The van der Waals surface area contributed by atoms with E-state index in [4.69, 9.17) is 4.74 Å². The summed E-state index contributed by atoms with van der Waals surface area (Å²) in [4.78, 5) is 17.9. The maximum Gasteiger partial charge on any atom is 0.233 e. The molecule has 0 radical (unpaired) electrons. The van der Waals surface area contributed by atoms with Gasteiger partial charge in [-0.15, -0.1) is 0 Å². The quantitative estimate of drug-likeness (QED) is 0.920. The van der Waals surface area contributed by atoms with E-state index in [-0.39, 0.29) is 11.7 Å². The Kier molecular flexibility index (Phi) is 2.79. The van der Waals surface area contributed by atoms with Crippen molar-refractivity contribution in [2.45, 2.75) is 18.3 Å². The number of carbonyl (C=O) groups is 1. The van der Waals surface area contributed by atoms with Crippen LogP contribution in [0.1, 0.15) is 18.4 Å². The van der Waals surface area contributed by atoms with E-state index in [0.717, 1.165) is 29.3 Å². The highest BCUT2D eigenvalue weighted by atomic mass is 19.1. The number of benzene rings is 1. The predicted molar refractivity (Wildman–Crippen MR) is 76.6 cm³/mol. The first-order valence-corrected chi connectivity index (χ1v) is 7.35. The highest BCUT2D eigenvalue weighted by Gasteiger charge is 2.54. The molecule has 110 valence electrons. The van der Waals surface area contributed by atoms with Crippen molar-refractivity contribution < 1.29 is 13.9 Å². The molecule has 0 unspecified atom stereocenters. The summed E-state index contributed by atoms with van der Waals surface area (Å²) in [6.45, 7) is 2.55. The number of carbonyl (C=O) groups excluding carboxylic acids is 1. The van der Waals surface area contributed by atoms with Gasteiger partial charge >= 0.3 is 0 Å². The fourth-order valence-corrected chi connectivity index (χ4v) is 3.29. The Morgan fingerprint density at radius 3 is 2.76 bits per heavy atom. The number of amides is 1. The molecule has 0 spiro atoms. The van der Waals surface area contributed by atoms with Crippen molar-refractivity contribution in [3.63, 3.8) is 0 Å². The lowest BCUT2D eigenvalue weighted by Gasteiger charge is -2.30. The van der Waals surface area contributed by atoms with Crippen molar-refractivity contribution >= 4 is 16.8 Å². The number of nitrogens with zero attached hydrogens (tertiary/aromatic N) is 1. The number of hydrogen-bond acceptors (Lipinski definition) is 2. The lowest BCUT2D eigenvalue weighted by Crippen LogP contribution is -2.45. The second kappa shape index (κ2) is 4.56. The maximum atomic E-state index is 13.3. The second-order valence-corrected chi connectivity index (χ2v) is 5.88. The summed E-state index contributed by atoms with van der Waals surface area (Å²) in [7, 11) is 0. The molecule has 2 aliphatic rings. The molecule has 1 amide bonds. The number of ether oxygens (including phenoxy) is 1. The number of rotatable bonds is 2. The Morgan fingerprint density at radius 1 is 1.29 bits per heavy atom. The van der Waals surface area contributed by atoms with Crippen LogP contribution < -0.4 is 0 Å². The van der Waals surface area contributed by atoms with Crippen LogP contribution in [-0.4, -0.2) is 42.1 Å². The molecule has 5 heteroatoms. The molecule has 1 saturated heterocycles. The van der Waals surface area contributed by atoms with Crippen LogP contribution in [0.25, 0.3) is 10.9 Å². The van der Waals surface area contributed by atoms with Crippen molar-refractivity contribution in [2.75, 3.05) is 26.3 Å². The first kappa shape index (κ1) is 12.8. The summed E-state index contributed by atoms with van der Waals surface area (Å²) in [5, 5.41) is 0.954. The third kappa shape index (κ3) is 1.95. The van der Waals surface area contributed by atoms with Crippen LogP contribution in [0.2, 0.25) is 0 Å². The fourth-order valence-electron chi connectivity index (χ4n) is 3.29. The van der Waals surface area contributed by atoms with Crippen molar-refractivity contribution in [3.05, 3.63) is 35.8 Å². The van der Waals surface area contributed by atoms with Gasteiger partial charge in [-0.1, -0.05) is 0 Å². The molecule has 1 aliphatic carbocycles. The Bertz CT molecular complexity index is 699. The molecule has 4 rings (SSSR count). The predicted octanol–water partition coefficient (Wildman–Crippen LogP) is 2.20. The molecule has 21 heavy (non-hydrogen) atoms. The summed E-state index contributed by atoms with van der Waals surface area (Å²) >= 11 is 0. The molecular weight excluding hydrogens is 271 g/mol. The van der Waals surface area contributed by atoms with Gasteiger partial charge < -0.3 is 14.6 Å². The first-order chi connectivity index (χ1) is 10.2. The van der Waals surface area contributed by atoms with Gasteiger partial charge in [-0.3, -0.25) is 4.79 Å². The molecule has 4 nitrogen and oxygen atoms in total. The minimum atomic E-state index is -0.409. The van der Waals surface area contributed by atoms with Gasteiger partial charge in [0.05, 0.1) is 18.6 Å². The molecule has 1 saturated carbocycles. The van der Waals surface area contributed by atoms with Gasteiger partial charge in [-0.05, 0) is 36.6 Å². The maximum absolute atomic E-state index is 13.3. The fraction of sp³-hybridized carbons (Fsp3) is 0.438. The number of halogens is 1. The number of aromatic nitrogens is 1. The van der Waals surface area contributed by atoms with Crippen LogP contribution in [0.15, 0.2) is 24.4 Å². The number of aromatic amines is 1. The third-order valence-electron chi connectivity index (χ3n) is 4.62. The van der Waals surface area contributed by atoms with Gasteiger partial charge in [-0.2, -0.15) is 0 Å². The molecule has 0 bridgehead atoms. The average molecular weight is 288 g/mol. The summed E-state index contributed by atoms with van der Waals surface area (Å²) in [5.41, 5.74) is 1.35. The van der Waals surface area contributed by atoms with Crippen molar-refractivity contribution in [1.29, 1.82) is 0 Å². The molecular formula is C16H17FN2O2. The van der Waals surface area contributed by atoms with Crippen LogP contribution in [-0.2, 0) is 14.9 Å². The van der Waals surface area contributed by atoms with E-state index < -0.39 is 5.41 Å². The molecule has 2 fully saturated rings. The zero-order valence-electron chi connectivity index (χ0n) is 11.7. The summed E-state index contributed by atoms with van der Waals surface area (Å²) in [6, 6.07) is 4.70. The van der Waals surface area contributed by atoms with Gasteiger partial charge in [0.2, 0.25) is 5.91 Å². The second-order valence-electron chi connectivity index (χ2n) is 5.88. The molecule has 2 heterocycles. The van der Waals surface area contributed by atoms with E-state index >= 15 is 0 Å². The Labute approximate surface area is 121 Å². The summed E-state index contributed by atoms with van der Waals surface area (Å²) < 4.78 is 18.6. The molecule has 1 aromatic heterocycles. The monoisotopic (exact) mass is 288 g/mol. The first-order valence-electron chi connectivity index (χ1n) is 7.35. The Morgan fingerprint density at radius 2 is 2.05 bits per heavy atom. The molecule has 0 atom stereocenters. The lowest BCUT2D eigenvalue weighted by atomic mass is 9.93. The van der Waals surface area contributed by atoms with E-state index in [0.29, 0.717) is 26.3 Å². The number of fused-ring (bicyclic) bond motifs is 1. The molecule has 1 aliphatic heterocycles. The Balaban J connectivity index is 1.71. The van der Waals surface area contributed by atoms with Gasteiger partial charge in [0.25, 0.3) is 0 Å². The molecule has 1 aromatic carbocycles. The van der Waals surface area contributed by atoms with Gasteiger partial charge in [-0.25, -0.2) is 4.39 Å². The van der Waals surface area contributed by atoms with E-state index in [1.54, 1.807) is 6.07 Å². The molecule has 1 N–H and O–H groups in total. The third-order valence-corrected chi connectivity index (χ3v) is 4.62. The van der Waals surface area contributed by atoms with Crippen LogP contribution in [0.3, 0.4) is 0 Å². The zero-order valence-corrected chi connectivity index (χ0v) is 11.7. The lowest BCUT2D eigenvalue weighted by molar-refractivity contribution is -0.138. The summed E-state index contributed by atoms with van der Waals surface area (Å²) in [6.07, 6.45) is 3.61. The van der Waals surface area contributed by atoms with Gasteiger partial charge in [0, 0.05) is 30.2 Å². The average Bonchev–Trinajstić information content (AvgIpc) is 3.21. The zero-order chi connectivity index (χ0) is 14.4. The number of morpholine rings is 1. The van der Waals surface area contributed by atoms with E-state index in [1.807, 2.05) is 11.1 Å². The van der Waals surface area contributed by atoms with Crippen molar-refractivity contribution in [3.8, 4) is 0 Å². The van der Waals surface area contributed by atoms with Crippen LogP contribution in [0.4, 0.5) is 4.39 Å². The van der Waals surface area contributed by atoms with E-state index in [9.17, 15) is 9.18 Å².